The Labute approximate surface area is 146 Å². The van der Waals surface area contributed by atoms with Gasteiger partial charge in [-0.15, -0.1) is 0 Å². The zero-order chi connectivity index (χ0) is 17.2. The largest absolute Gasteiger partial charge is 0.381 e. The van der Waals surface area contributed by atoms with Crippen LogP contribution in [0.3, 0.4) is 0 Å². The van der Waals surface area contributed by atoms with Crippen molar-refractivity contribution in [1.82, 2.24) is 15.5 Å². The molecule has 0 aromatic heterocycles. The van der Waals surface area contributed by atoms with Crippen LogP contribution >= 0.6 is 0 Å². The molecule has 0 bridgehead atoms. The van der Waals surface area contributed by atoms with E-state index in [0.717, 1.165) is 51.8 Å². The van der Waals surface area contributed by atoms with Gasteiger partial charge in [-0.05, 0) is 25.1 Å². The lowest BCUT2D eigenvalue weighted by atomic mass is 10.1. The quantitative estimate of drug-likeness (QED) is 0.566. The highest BCUT2D eigenvalue weighted by molar-refractivity contribution is 5.79. The van der Waals surface area contributed by atoms with Gasteiger partial charge in [0.25, 0.3) is 0 Å². The Morgan fingerprint density at radius 2 is 2.00 bits per heavy atom. The van der Waals surface area contributed by atoms with Gasteiger partial charge in [-0.3, -0.25) is 9.89 Å². The van der Waals surface area contributed by atoms with Crippen LogP contribution in [-0.2, 0) is 4.74 Å². The molecule has 2 N–H and O–H groups in total. The van der Waals surface area contributed by atoms with Crippen molar-refractivity contribution >= 4 is 5.96 Å². The summed E-state index contributed by atoms with van der Waals surface area (Å²) >= 11 is 0. The van der Waals surface area contributed by atoms with Gasteiger partial charge < -0.3 is 15.4 Å². The zero-order valence-corrected chi connectivity index (χ0v) is 15.3. The maximum Gasteiger partial charge on any atom is 0.191 e. The molecule has 134 valence electrons. The molecule has 1 heterocycles. The average Bonchev–Trinajstić information content (AvgIpc) is 3.15. The van der Waals surface area contributed by atoms with Crippen LogP contribution in [0.15, 0.2) is 35.3 Å². The third-order valence-corrected chi connectivity index (χ3v) is 4.71. The molecular formula is C19H32N4O. The molecule has 5 nitrogen and oxygen atoms in total. The molecule has 0 amide bonds. The first-order valence-electron chi connectivity index (χ1n) is 9.09. The SMILES string of the molecule is CCN(CC)C(CNC(=NC)NCC1CCOC1)c1ccccc1. The van der Waals surface area contributed by atoms with Crippen LogP contribution in [0.1, 0.15) is 31.9 Å². The van der Waals surface area contributed by atoms with Crippen molar-refractivity contribution in [3.05, 3.63) is 35.9 Å². The number of nitrogens with zero attached hydrogens (tertiary/aromatic N) is 2. The van der Waals surface area contributed by atoms with Gasteiger partial charge in [0.1, 0.15) is 0 Å². The van der Waals surface area contributed by atoms with E-state index in [2.05, 4.69) is 64.7 Å². The lowest BCUT2D eigenvalue weighted by molar-refractivity contribution is 0.186. The van der Waals surface area contributed by atoms with Gasteiger partial charge in [0, 0.05) is 32.7 Å². The first-order valence-corrected chi connectivity index (χ1v) is 9.09. The fourth-order valence-corrected chi connectivity index (χ4v) is 3.20. The fraction of sp³-hybridized carbons (Fsp3) is 0.632. The number of guanidine groups is 1. The summed E-state index contributed by atoms with van der Waals surface area (Å²) in [5.74, 6) is 1.46. The van der Waals surface area contributed by atoms with E-state index in [-0.39, 0.29) is 0 Å². The van der Waals surface area contributed by atoms with Crippen LogP contribution in [0.2, 0.25) is 0 Å². The molecule has 5 heteroatoms. The molecule has 2 atom stereocenters. The van der Waals surface area contributed by atoms with Crippen LogP contribution in [0.25, 0.3) is 0 Å². The lowest BCUT2D eigenvalue weighted by Crippen LogP contribution is -2.44. The first-order chi connectivity index (χ1) is 11.8. The van der Waals surface area contributed by atoms with E-state index in [9.17, 15) is 0 Å². The van der Waals surface area contributed by atoms with Gasteiger partial charge in [-0.25, -0.2) is 0 Å². The van der Waals surface area contributed by atoms with Crippen molar-refractivity contribution in [3.8, 4) is 0 Å². The summed E-state index contributed by atoms with van der Waals surface area (Å²) in [6, 6.07) is 11.0. The van der Waals surface area contributed by atoms with Gasteiger partial charge >= 0.3 is 0 Å². The first kappa shape index (κ1) is 18.7. The molecule has 1 aliphatic rings. The molecule has 0 saturated carbocycles. The monoisotopic (exact) mass is 332 g/mol. The van der Waals surface area contributed by atoms with Crippen molar-refractivity contribution in [1.29, 1.82) is 0 Å². The maximum atomic E-state index is 5.43. The number of aliphatic imine (C=N–C) groups is 1. The molecule has 0 aliphatic carbocycles. The fourth-order valence-electron chi connectivity index (χ4n) is 3.20. The van der Waals surface area contributed by atoms with E-state index in [1.54, 1.807) is 0 Å². The van der Waals surface area contributed by atoms with Gasteiger partial charge in [0.2, 0.25) is 0 Å². The topological polar surface area (TPSA) is 48.9 Å². The van der Waals surface area contributed by atoms with Crippen LogP contribution in [-0.4, -0.2) is 57.3 Å². The van der Waals surface area contributed by atoms with E-state index >= 15 is 0 Å². The molecule has 0 radical (unpaired) electrons. The minimum Gasteiger partial charge on any atom is -0.381 e. The number of likely N-dealkylation sites (N-methyl/N-ethyl adjacent to an activating group) is 1. The summed E-state index contributed by atoms with van der Waals surface area (Å²) in [6.45, 7) is 9.99. The van der Waals surface area contributed by atoms with Crippen LogP contribution in [0.4, 0.5) is 0 Å². The van der Waals surface area contributed by atoms with Crippen LogP contribution in [0, 0.1) is 5.92 Å². The second kappa shape index (κ2) is 10.3. The van der Waals surface area contributed by atoms with E-state index in [1.165, 1.54) is 5.56 Å². The molecule has 1 saturated heterocycles. The normalized spacial score (nSPS) is 19.5. The molecule has 2 unspecified atom stereocenters. The second-order valence-corrected chi connectivity index (χ2v) is 6.21. The minimum absolute atomic E-state index is 0.342. The van der Waals surface area contributed by atoms with Gasteiger partial charge in [-0.2, -0.15) is 0 Å². The average molecular weight is 332 g/mol. The third-order valence-electron chi connectivity index (χ3n) is 4.71. The molecule has 24 heavy (non-hydrogen) atoms. The van der Waals surface area contributed by atoms with E-state index in [1.807, 2.05) is 7.05 Å². The van der Waals surface area contributed by atoms with Gasteiger partial charge in [0.05, 0.1) is 12.6 Å². The molecule has 1 aliphatic heterocycles. The van der Waals surface area contributed by atoms with Crippen LogP contribution < -0.4 is 10.6 Å². The van der Waals surface area contributed by atoms with Gasteiger partial charge in [-0.1, -0.05) is 44.2 Å². The summed E-state index contributed by atoms with van der Waals surface area (Å²) in [6.07, 6.45) is 1.14. The predicted molar refractivity (Wildman–Crippen MR) is 100 cm³/mol. The highest BCUT2D eigenvalue weighted by Gasteiger charge is 2.19. The molecule has 1 aromatic rings. The van der Waals surface area contributed by atoms with Crippen molar-refractivity contribution in [2.75, 3.05) is 46.4 Å². The number of benzene rings is 1. The molecule has 2 rings (SSSR count). The lowest BCUT2D eigenvalue weighted by Gasteiger charge is -2.31. The Hall–Kier alpha value is -1.59. The number of nitrogens with one attached hydrogen (secondary N) is 2. The van der Waals surface area contributed by atoms with Crippen molar-refractivity contribution in [3.63, 3.8) is 0 Å². The Morgan fingerprint density at radius 3 is 2.58 bits per heavy atom. The van der Waals surface area contributed by atoms with Gasteiger partial charge in [0.15, 0.2) is 5.96 Å². The maximum absolute atomic E-state index is 5.43. The number of rotatable bonds is 8. The Kier molecular flexibility index (Phi) is 8.05. The van der Waals surface area contributed by atoms with Crippen molar-refractivity contribution in [2.24, 2.45) is 10.9 Å². The van der Waals surface area contributed by atoms with Crippen LogP contribution in [0.5, 0.6) is 0 Å². The summed E-state index contributed by atoms with van der Waals surface area (Å²) in [5, 5.41) is 6.93. The van der Waals surface area contributed by atoms with E-state index in [0.29, 0.717) is 12.0 Å². The Morgan fingerprint density at radius 1 is 1.25 bits per heavy atom. The molecule has 1 aromatic carbocycles. The second-order valence-electron chi connectivity index (χ2n) is 6.21. The van der Waals surface area contributed by atoms with Crippen molar-refractivity contribution < 1.29 is 4.74 Å². The number of ether oxygens (including phenoxy) is 1. The summed E-state index contributed by atoms with van der Waals surface area (Å²) in [7, 11) is 1.83. The molecule has 0 spiro atoms. The summed E-state index contributed by atoms with van der Waals surface area (Å²) in [4.78, 5) is 6.83. The molecule has 1 fully saturated rings. The summed E-state index contributed by atoms with van der Waals surface area (Å²) < 4.78 is 5.43. The number of hydrogen-bond donors (Lipinski definition) is 2. The minimum atomic E-state index is 0.342. The van der Waals surface area contributed by atoms with E-state index < -0.39 is 0 Å². The third kappa shape index (κ3) is 5.49. The smallest absolute Gasteiger partial charge is 0.191 e. The van der Waals surface area contributed by atoms with E-state index in [4.69, 9.17) is 4.74 Å². The zero-order valence-electron chi connectivity index (χ0n) is 15.3. The highest BCUT2D eigenvalue weighted by atomic mass is 16.5. The summed E-state index contributed by atoms with van der Waals surface area (Å²) in [5.41, 5.74) is 1.34. The number of hydrogen-bond acceptors (Lipinski definition) is 3. The predicted octanol–water partition coefficient (Wildman–Crippen LogP) is 2.27. The standard InChI is InChI=1S/C19H32N4O/c1-4-23(5-2)18(17-9-7-6-8-10-17)14-22-19(20-3)21-13-16-11-12-24-15-16/h6-10,16,18H,4-5,11-15H2,1-3H3,(H2,20,21,22). The Bertz CT molecular complexity index is 481. The van der Waals surface area contributed by atoms with Crippen molar-refractivity contribution in [2.45, 2.75) is 26.3 Å². The molecular weight excluding hydrogens is 300 g/mol. The Balaban J connectivity index is 1.92. The highest BCUT2D eigenvalue weighted by Crippen LogP contribution is 2.19.